The highest BCUT2D eigenvalue weighted by Crippen LogP contribution is 2.28. The lowest BCUT2D eigenvalue weighted by Gasteiger charge is -2.27. The van der Waals surface area contributed by atoms with Gasteiger partial charge in [0.1, 0.15) is 11.7 Å². The highest BCUT2D eigenvalue weighted by molar-refractivity contribution is 6.39. The number of fused-ring (bicyclic) bond motifs is 1. The Bertz CT molecular complexity index is 1370. The largest absolute Gasteiger partial charge is 0.480 e. The van der Waals surface area contributed by atoms with Gasteiger partial charge in [0.25, 0.3) is 11.8 Å². The van der Waals surface area contributed by atoms with Crippen LogP contribution in [0.15, 0.2) is 36.5 Å². The van der Waals surface area contributed by atoms with E-state index in [1.54, 1.807) is 6.07 Å². The molecular formula is C24H19N5O7. The number of carbonyl (C=O) groups excluding carboxylic acids is 6. The van der Waals surface area contributed by atoms with Gasteiger partial charge in [-0.2, -0.15) is 0 Å². The summed E-state index contributed by atoms with van der Waals surface area (Å²) in [6.07, 6.45) is 1.56. The van der Waals surface area contributed by atoms with Crippen LogP contribution in [0.1, 0.15) is 39.1 Å². The molecule has 12 heteroatoms. The van der Waals surface area contributed by atoms with E-state index in [2.05, 4.69) is 32.8 Å². The van der Waals surface area contributed by atoms with Gasteiger partial charge in [-0.25, -0.2) is 4.98 Å². The molecule has 1 saturated heterocycles. The summed E-state index contributed by atoms with van der Waals surface area (Å²) in [7, 11) is 1.38. The molecule has 12 nitrogen and oxygen atoms in total. The van der Waals surface area contributed by atoms with Crippen LogP contribution in [0.2, 0.25) is 0 Å². The van der Waals surface area contributed by atoms with Gasteiger partial charge in [0.2, 0.25) is 17.7 Å². The number of pyridine rings is 1. The zero-order valence-electron chi connectivity index (χ0n) is 18.9. The number of imide groups is 2. The number of ether oxygens (including phenoxy) is 1. The van der Waals surface area contributed by atoms with Crippen molar-refractivity contribution in [2.24, 2.45) is 0 Å². The Hall–Kier alpha value is -5.05. The second kappa shape index (κ2) is 10.1. The number of hydrogen-bond donors (Lipinski definition) is 3. The van der Waals surface area contributed by atoms with Gasteiger partial charge in [0, 0.05) is 18.2 Å². The number of rotatable bonds is 4. The molecule has 182 valence electrons. The maximum absolute atomic E-state index is 12.9. The van der Waals surface area contributed by atoms with E-state index >= 15 is 0 Å². The molecule has 0 radical (unpaired) electrons. The Morgan fingerprint density at radius 3 is 2.67 bits per heavy atom. The molecule has 1 atom stereocenters. The summed E-state index contributed by atoms with van der Waals surface area (Å²) >= 11 is 0. The van der Waals surface area contributed by atoms with Crippen molar-refractivity contribution in [2.45, 2.75) is 18.9 Å². The number of aromatic nitrogens is 1. The summed E-state index contributed by atoms with van der Waals surface area (Å²) in [5, 5.41) is 6.87. The van der Waals surface area contributed by atoms with Gasteiger partial charge in [-0.3, -0.25) is 39.0 Å². The zero-order chi connectivity index (χ0) is 25.8. The van der Waals surface area contributed by atoms with Crippen LogP contribution in [0.5, 0.6) is 5.88 Å². The summed E-state index contributed by atoms with van der Waals surface area (Å²) in [6, 6.07) is 6.40. The van der Waals surface area contributed by atoms with E-state index < -0.39 is 41.5 Å². The first-order valence-corrected chi connectivity index (χ1v) is 10.7. The molecule has 2 aliphatic rings. The lowest BCUT2D eigenvalue weighted by Crippen LogP contribution is -2.54. The highest BCUT2D eigenvalue weighted by atomic mass is 16.5. The van der Waals surface area contributed by atoms with E-state index in [1.165, 1.54) is 37.6 Å². The van der Waals surface area contributed by atoms with E-state index in [9.17, 15) is 28.8 Å². The summed E-state index contributed by atoms with van der Waals surface area (Å²) in [6.45, 7) is -0.164. The van der Waals surface area contributed by atoms with Gasteiger partial charge in [0.15, 0.2) is 0 Å². The van der Waals surface area contributed by atoms with E-state index in [0.717, 1.165) is 4.90 Å². The van der Waals surface area contributed by atoms with Crippen LogP contribution in [0.25, 0.3) is 0 Å². The molecule has 6 amide bonds. The molecule has 0 aliphatic carbocycles. The number of nitrogens with one attached hydrogen (secondary N) is 3. The smallest absolute Gasteiger partial charge is 0.313 e. The number of hydrogen-bond acceptors (Lipinski definition) is 8. The first kappa shape index (κ1) is 24.1. The van der Waals surface area contributed by atoms with Crippen LogP contribution in [0.4, 0.5) is 5.69 Å². The fourth-order valence-electron chi connectivity index (χ4n) is 3.73. The lowest BCUT2D eigenvalue weighted by atomic mass is 10.0. The first-order valence-electron chi connectivity index (χ1n) is 10.7. The minimum atomic E-state index is -1.06. The predicted molar refractivity (Wildman–Crippen MR) is 122 cm³/mol. The molecule has 1 fully saturated rings. The van der Waals surface area contributed by atoms with Gasteiger partial charge in [0.05, 0.1) is 24.8 Å². The monoisotopic (exact) mass is 489 g/mol. The number of amides is 6. The molecule has 2 aromatic rings. The third kappa shape index (κ3) is 4.76. The Morgan fingerprint density at radius 2 is 1.92 bits per heavy atom. The summed E-state index contributed by atoms with van der Waals surface area (Å²) in [5.41, 5.74) is 0.838. The van der Waals surface area contributed by atoms with Crippen molar-refractivity contribution in [1.82, 2.24) is 20.5 Å². The normalized spacial score (nSPS) is 16.5. The zero-order valence-corrected chi connectivity index (χ0v) is 18.9. The highest BCUT2D eigenvalue weighted by Gasteiger charge is 2.44. The number of methoxy groups -OCH3 is 1. The van der Waals surface area contributed by atoms with Crippen molar-refractivity contribution < 1.29 is 33.5 Å². The van der Waals surface area contributed by atoms with E-state index in [0.29, 0.717) is 5.56 Å². The minimum absolute atomic E-state index is 0.0278. The van der Waals surface area contributed by atoms with E-state index in [-0.39, 0.29) is 42.1 Å². The SMILES string of the molecule is COc1ncccc1NC(=O)C(=O)NCC#Cc1ccc2c(c1)C(=O)N(C1CCC(=O)NC1=O)C2=O. The molecule has 0 saturated carbocycles. The van der Waals surface area contributed by atoms with Gasteiger partial charge < -0.3 is 15.4 Å². The average Bonchev–Trinajstić information content (AvgIpc) is 3.11. The van der Waals surface area contributed by atoms with E-state index in [1.807, 2.05) is 0 Å². The molecule has 1 aromatic carbocycles. The molecule has 36 heavy (non-hydrogen) atoms. The van der Waals surface area contributed by atoms with Gasteiger partial charge in [-0.1, -0.05) is 11.8 Å². The minimum Gasteiger partial charge on any atom is -0.480 e. The molecule has 3 N–H and O–H groups in total. The lowest BCUT2D eigenvalue weighted by molar-refractivity contribution is -0.136. The maximum Gasteiger partial charge on any atom is 0.313 e. The number of carbonyl (C=O) groups is 6. The molecule has 2 aliphatic heterocycles. The number of anilines is 1. The Morgan fingerprint density at radius 1 is 1.14 bits per heavy atom. The average molecular weight is 489 g/mol. The number of nitrogens with zero attached hydrogens (tertiary/aromatic N) is 2. The number of benzene rings is 1. The second-order valence-corrected chi connectivity index (χ2v) is 7.71. The van der Waals surface area contributed by atoms with Crippen LogP contribution in [0, 0.1) is 11.8 Å². The topological polar surface area (TPSA) is 164 Å². The van der Waals surface area contributed by atoms with Crippen molar-refractivity contribution in [1.29, 1.82) is 0 Å². The van der Waals surface area contributed by atoms with Crippen LogP contribution in [-0.4, -0.2) is 65.0 Å². The molecular weight excluding hydrogens is 470 g/mol. The fraction of sp³-hybridized carbons (Fsp3) is 0.208. The van der Waals surface area contributed by atoms with Crippen molar-refractivity contribution in [3.8, 4) is 17.7 Å². The van der Waals surface area contributed by atoms with Gasteiger partial charge >= 0.3 is 11.8 Å². The van der Waals surface area contributed by atoms with Gasteiger partial charge in [-0.15, -0.1) is 0 Å². The molecule has 4 rings (SSSR count). The standard InChI is InChI=1S/C24H19N5O7/c1-36-22-16(5-3-11-26-22)27-21(33)20(32)25-10-2-4-13-6-7-14-15(12-13)24(35)29(23(14)34)17-8-9-18(30)28-19(17)31/h3,5-7,11-12,17H,8-10H2,1H3,(H,25,32)(H,27,33)(H,28,30,31). The van der Waals surface area contributed by atoms with E-state index in [4.69, 9.17) is 4.74 Å². The second-order valence-electron chi connectivity index (χ2n) is 7.71. The molecule has 1 unspecified atom stereocenters. The van der Waals surface area contributed by atoms with Gasteiger partial charge in [-0.05, 0) is 36.8 Å². The van der Waals surface area contributed by atoms with Crippen LogP contribution in [-0.2, 0) is 19.2 Å². The van der Waals surface area contributed by atoms with Crippen LogP contribution < -0.4 is 20.7 Å². The van der Waals surface area contributed by atoms with Crippen molar-refractivity contribution >= 4 is 41.1 Å². The summed E-state index contributed by atoms with van der Waals surface area (Å²) in [4.78, 5) is 78.0. The quantitative estimate of drug-likeness (QED) is 0.297. The van der Waals surface area contributed by atoms with Crippen LogP contribution in [0.3, 0.4) is 0 Å². The first-order chi connectivity index (χ1) is 17.3. The fourth-order valence-corrected chi connectivity index (χ4v) is 3.73. The molecule has 0 spiro atoms. The Kier molecular flexibility index (Phi) is 6.73. The maximum atomic E-state index is 12.9. The third-order valence-electron chi connectivity index (χ3n) is 5.43. The van der Waals surface area contributed by atoms with Crippen LogP contribution >= 0.6 is 0 Å². The molecule has 3 heterocycles. The number of piperidine rings is 1. The Balaban J connectivity index is 1.37. The molecule has 1 aromatic heterocycles. The summed E-state index contributed by atoms with van der Waals surface area (Å²) < 4.78 is 5.01. The third-order valence-corrected chi connectivity index (χ3v) is 5.43. The van der Waals surface area contributed by atoms with Crippen molar-refractivity contribution in [3.63, 3.8) is 0 Å². The Labute approximate surface area is 204 Å². The van der Waals surface area contributed by atoms with Crippen molar-refractivity contribution in [2.75, 3.05) is 19.0 Å². The predicted octanol–water partition coefficient (Wildman–Crippen LogP) is -0.402. The van der Waals surface area contributed by atoms with Crippen molar-refractivity contribution in [3.05, 3.63) is 53.2 Å². The summed E-state index contributed by atoms with van der Waals surface area (Å²) in [5.74, 6) is 1.30. The molecule has 0 bridgehead atoms.